The third-order valence-corrected chi connectivity index (χ3v) is 4.01. The van der Waals surface area contributed by atoms with E-state index < -0.39 is 0 Å². The molecule has 0 radical (unpaired) electrons. The van der Waals surface area contributed by atoms with Crippen molar-refractivity contribution < 1.29 is 0 Å². The number of nitriles is 1. The molecule has 2 aromatic heterocycles. The molecule has 106 valence electrons. The number of rotatable bonds is 2. The molecule has 0 amide bonds. The second-order valence-corrected chi connectivity index (χ2v) is 5.74. The molecule has 0 unspecified atom stereocenters. The molecular weight excluding hydrogens is 330 g/mol. The van der Waals surface area contributed by atoms with Gasteiger partial charge in [0.2, 0.25) is 0 Å². The molecule has 1 saturated heterocycles. The van der Waals surface area contributed by atoms with Crippen molar-refractivity contribution in [2.24, 2.45) is 0 Å². The monoisotopic (exact) mass is 343 g/mol. The average molecular weight is 344 g/mol. The van der Waals surface area contributed by atoms with Gasteiger partial charge in [-0.2, -0.15) is 5.26 Å². The fourth-order valence-electron chi connectivity index (χ4n) is 2.39. The molecule has 0 aliphatic carbocycles. The van der Waals surface area contributed by atoms with Gasteiger partial charge in [0.1, 0.15) is 17.6 Å². The summed E-state index contributed by atoms with van der Waals surface area (Å²) < 4.78 is 0.994. The second kappa shape index (κ2) is 6.10. The number of aromatic nitrogens is 2. The lowest BCUT2D eigenvalue weighted by Crippen LogP contribution is -2.46. The summed E-state index contributed by atoms with van der Waals surface area (Å²) in [4.78, 5) is 13.1. The van der Waals surface area contributed by atoms with Crippen LogP contribution in [0.2, 0.25) is 0 Å². The number of hydrogen-bond donors (Lipinski definition) is 0. The van der Waals surface area contributed by atoms with E-state index in [0.717, 1.165) is 42.2 Å². The molecule has 1 aliphatic rings. The van der Waals surface area contributed by atoms with Crippen LogP contribution in [-0.2, 0) is 0 Å². The first-order chi connectivity index (χ1) is 10.3. The maximum atomic E-state index is 8.78. The SMILES string of the molecule is N#Cc1ccc(N2CCN(c3ccc(Br)cn3)CC2)cn1. The number of nitrogens with zero attached hydrogens (tertiary/aromatic N) is 5. The zero-order valence-corrected chi connectivity index (χ0v) is 13.0. The largest absolute Gasteiger partial charge is 0.367 e. The topological polar surface area (TPSA) is 56.1 Å². The van der Waals surface area contributed by atoms with Gasteiger partial charge < -0.3 is 9.80 Å². The first kappa shape index (κ1) is 13.8. The van der Waals surface area contributed by atoms with Crippen molar-refractivity contribution in [3.05, 3.63) is 46.8 Å². The highest BCUT2D eigenvalue weighted by molar-refractivity contribution is 9.10. The van der Waals surface area contributed by atoms with E-state index >= 15 is 0 Å². The van der Waals surface area contributed by atoms with Crippen LogP contribution < -0.4 is 9.80 Å². The minimum absolute atomic E-state index is 0.455. The van der Waals surface area contributed by atoms with Crippen LogP contribution >= 0.6 is 15.9 Å². The molecule has 3 heterocycles. The molecule has 21 heavy (non-hydrogen) atoms. The quantitative estimate of drug-likeness (QED) is 0.838. The Labute approximate surface area is 132 Å². The van der Waals surface area contributed by atoms with Gasteiger partial charge >= 0.3 is 0 Å². The van der Waals surface area contributed by atoms with Gasteiger partial charge in [0.25, 0.3) is 0 Å². The zero-order chi connectivity index (χ0) is 14.7. The van der Waals surface area contributed by atoms with Crippen LogP contribution in [0.1, 0.15) is 5.69 Å². The summed E-state index contributed by atoms with van der Waals surface area (Å²) >= 11 is 3.40. The van der Waals surface area contributed by atoms with Gasteiger partial charge in [-0.25, -0.2) is 9.97 Å². The number of halogens is 1. The van der Waals surface area contributed by atoms with E-state index in [2.05, 4.69) is 35.7 Å². The van der Waals surface area contributed by atoms with E-state index in [1.54, 1.807) is 12.3 Å². The Bertz CT molecular complexity index is 639. The molecular formula is C15H14BrN5. The van der Waals surface area contributed by atoms with Crippen molar-refractivity contribution in [1.29, 1.82) is 5.26 Å². The van der Waals surface area contributed by atoms with Gasteiger partial charge in [-0.15, -0.1) is 0 Å². The molecule has 0 bridgehead atoms. The number of hydrogen-bond acceptors (Lipinski definition) is 5. The summed E-state index contributed by atoms with van der Waals surface area (Å²) in [6.07, 6.45) is 3.60. The van der Waals surface area contributed by atoms with E-state index in [9.17, 15) is 0 Å². The number of pyridine rings is 2. The summed E-state index contributed by atoms with van der Waals surface area (Å²) in [7, 11) is 0. The Kier molecular flexibility index (Phi) is 4.02. The predicted octanol–water partition coefficient (Wildman–Crippen LogP) is 2.44. The molecule has 0 N–H and O–H groups in total. The van der Waals surface area contributed by atoms with Gasteiger partial charge in [0, 0.05) is 36.8 Å². The Morgan fingerprint density at radius 1 is 0.952 bits per heavy atom. The van der Waals surface area contributed by atoms with Crippen molar-refractivity contribution in [2.45, 2.75) is 0 Å². The highest BCUT2D eigenvalue weighted by atomic mass is 79.9. The first-order valence-corrected chi connectivity index (χ1v) is 7.53. The van der Waals surface area contributed by atoms with Gasteiger partial charge in [0.05, 0.1) is 11.9 Å². The van der Waals surface area contributed by atoms with Crippen molar-refractivity contribution in [2.75, 3.05) is 36.0 Å². The van der Waals surface area contributed by atoms with Crippen LogP contribution in [0.4, 0.5) is 11.5 Å². The van der Waals surface area contributed by atoms with E-state index in [1.165, 1.54) is 0 Å². The second-order valence-electron chi connectivity index (χ2n) is 4.82. The van der Waals surface area contributed by atoms with E-state index in [0.29, 0.717) is 5.69 Å². The lowest BCUT2D eigenvalue weighted by atomic mass is 10.2. The van der Waals surface area contributed by atoms with Crippen LogP contribution in [-0.4, -0.2) is 36.1 Å². The fourth-order valence-corrected chi connectivity index (χ4v) is 2.62. The third-order valence-electron chi connectivity index (χ3n) is 3.54. The predicted molar refractivity (Wildman–Crippen MR) is 85.3 cm³/mol. The Hall–Kier alpha value is -2.13. The maximum Gasteiger partial charge on any atom is 0.140 e. The van der Waals surface area contributed by atoms with Gasteiger partial charge in [-0.3, -0.25) is 0 Å². The Balaban J connectivity index is 1.64. The lowest BCUT2D eigenvalue weighted by Gasteiger charge is -2.36. The molecule has 0 aromatic carbocycles. The normalized spacial score (nSPS) is 14.9. The summed E-state index contributed by atoms with van der Waals surface area (Å²) in [6, 6.07) is 9.80. The van der Waals surface area contributed by atoms with Crippen molar-refractivity contribution >= 4 is 27.4 Å². The van der Waals surface area contributed by atoms with E-state index in [1.807, 2.05) is 30.5 Å². The van der Waals surface area contributed by atoms with Crippen LogP contribution in [0.3, 0.4) is 0 Å². The number of anilines is 2. The highest BCUT2D eigenvalue weighted by Gasteiger charge is 2.18. The smallest absolute Gasteiger partial charge is 0.140 e. The summed E-state index contributed by atoms with van der Waals surface area (Å²) in [6.45, 7) is 3.69. The minimum Gasteiger partial charge on any atom is -0.367 e. The highest BCUT2D eigenvalue weighted by Crippen LogP contribution is 2.19. The zero-order valence-electron chi connectivity index (χ0n) is 11.4. The molecule has 6 heteroatoms. The summed E-state index contributed by atoms with van der Waals surface area (Å²) in [5.74, 6) is 1.01. The Morgan fingerprint density at radius 3 is 2.29 bits per heavy atom. The van der Waals surface area contributed by atoms with Crippen LogP contribution in [0.5, 0.6) is 0 Å². The minimum atomic E-state index is 0.455. The molecule has 2 aromatic rings. The van der Waals surface area contributed by atoms with Crippen LogP contribution in [0, 0.1) is 11.3 Å². The summed E-state index contributed by atoms with van der Waals surface area (Å²) in [5.41, 5.74) is 1.52. The molecule has 3 rings (SSSR count). The van der Waals surface area contributed by atoms with Crippen LogP contribution in [0.15, 0.2) is 41.1 Å². The standard InChI is InChI=1S/C15H14BrN5/c16-12-1-4-15(19-10-12)21-7-5-20(6-8-21)14-3-2-13(9-17)18-11-14/h1-4,10-11H,5-8H2. The molecule has 5 nitrogen and oxygen atoms in total. The molecule has 1 aliphatic heterocycles. The van der Waals surface area contributed by atoms with Crippen LogP contribution in [0.25, 0.3) is 0 Å². The van der Waals surface area contributed by atoms with Crippen molar-refractivity contribution in [3.8, 4) is 6.07 Å². The summed E-state index contributed by atoms with van der Waals surface area (Å²) in [5, 5.41) is 8.78. The van der Waals surface area contributed by atoms with Gasteiger partial charge in [-0.05, 0) is 40.2 Å². The molecule has 1 fully saturated rings. The van der Waals surface area contributed by atoms with Crippen molar-refractivity contribution in [1.82, 2.24) is 9.97 Å². The number of piperazine rings is 1. The molecule has 0 atom stereocenters. The van der Waals surface area contributed by atoms with Crippen molar-refractivity contribution in [3.63, 3.8) is 0 Å². The lowest BCUT2D eigenvalue weighted by molar-refractivity contribution is 0.646. The fraction of sp³-hybridized carbons (Fsp3) is 0.267. The van der Waals surface area contributed by atoms with Gasteiger partial charge in [-0.1, -0.05) is 0 Å². The Morgan fingerprint density at radius 2 is 1.71 bits per heavy atom. The average Bonchev–Trinajstić information content (AvgIpc) is 2.56. The van der Waals surface area contributed by atoms with Gasteiger partial charge in [0.15, 0.2) is 0 Å². The van der Waals surface area contributed by atoms with E-state index in [-0.39, 0.29) is 0 Å². The third kappa shape index (κ3) is 3.14. The maximum absolute atomic E-state index is 8.78. The molecule has 0 spiro atoms. The van der Waals surface area contributed by atoms with E-state index in [4.69, 9.17) is 5.26 Å². The molecule has 0 saturated carbocycles. The first-order valence-electron chi connectivity index (χ1n) is 6.74.